The van der Waals surface area contributed by atoms with Crippen LogP contribution in [-0.4, -0.2) is 29.8 Å². The van der Waals surface area contributed by atoms with Crippen molar-refractivity contribution < 1.29 is 14.0 Å². The van der Waals surface area contributed by atoms with Crippen molar-refractivity contribution in [2.75, 3.05) is 13.1 Å². The van der Waals surface area contributed by atoms with E-state index in [4.69, 9.17) is 4.42 Å². The summed E-state index contributed by atoms with van der Waals surface area (Å²) < 4.78 is 5.00. The van der Waals surface area contributed by atoms with Gasteiger partial charge >= 0.3 is 0 Å². The lowest BCUT2D eigenvalue weighted by Gasteiger charge is -2.32. The molecule has 2 heterocycles. The first kappa shape index (κ1) is 21.2. The molecule has 1 N–H and O–H groups in total. The topological polar surface area (TPSA) is 62.6 Å². The Labute approximate surface area is 173 Å². The van der Waals surface area contributed by atoms with Crippen LogP contribution < -0.4 is 5.32 Å². The number of carbonyl (C=O) groups is 2. The SMILES string of the molecule is CC(C)c1ccc(C(NC(=O)C2CCN(C(=O)c3ccoc3)CC2)C(C)C)cc1. The third-order valence-corrected chi connectivity index (χ3v) is 5.85. The van der Waals surface area contributed by atoms with E-state index < -0.39 is 0 Å². The van der Waals surface area contributed by atoms with Crippen molar-refractivity contribution in [1.82, 2.24) is 10.2 Å². The van der Waals surface area contributed by atoms with Gasteiger partial charge in [0.1, 0.15) is 6.26 Å². The maximum Gasteiger partial charge on any atom is 0.257 e. The molecule has 5 nitrogen and oxygen atoms in total. The molecule has 0 spiro atoms. The molecule has 0 radical (unpaired) electrons. The number of furan rings is 1. The van der Waals surface area contributed by atoms with E-state index in [2.05, 4.69) is 57.3 Å². The van der Waals surface area contributed by atoms with Gasteiger partial charge in [-0.3, -0.25) is 9.59 Å². The number of nitrogens with zero attached hydrogens (tertiary/aromatic N) is 1. The van der Waals surface area contributed by atoms with Gasteiger partial charge in [0.05, 0.1) is 17.9 Å². The number of hydrogen-bond donors (Lipinski definition) is 1. The van der Waals surface area contributed by atoms with Crippen molar-refractivity contribution in [3.8, 4) is 0 Å². The fraction of sp³-hybridized carbons (Fsp3) is 0.500. The second kappa shape index (κ2) is 9.29. The standard InChI is InChI=1S/C24H32N2O3/c1-16(2)18-5-7-19(8-6-18)22(17(3)4)25-23(27)20-9-12-26(13-10-20)24(28)21-11-14-29-15-21/h5-8,11,14-17,20,22H,9-10,12-13H2,1-4H3,(H,25,27). The number of benzene rings is 1. The summed E-state index contributed by atoms with van der Waals surface area (Å²) in [6.45, 7) is 9.82. The Bertz CT molecular complexity index is 801. The Morgan fingerprint density at radius 2 is 1.62 bits per heavy atom. The van der Waals surface area contributed by atoms with Gasteiger partial charge in [-0.1, -0.05) is 52.0 Å². The van der Waals surface area contributed by atoms with E-state index >= 15 is 0 Å². The van der Waals surface area contributed by atoms with Gasteiger partial charge in [0.2, 0.25) is 5.91 Å². The molecule has 5 heteroatoms. The Hall–Kier alpha value is -2.56. The van der Waals surface area contributed by atoms with Crippen molar-refractivity contribution in [2.24, 2.45) is 11.8 Å². The van der Waals surface area contributed by atoms with Gasteiger partial charge in [-0.2, -0.15) is 0 Å². The van der Waals surface area contributed by atoms with Gasteiger partial charge < -0.3 is 14.6 Å². The summed E-state index contributed by atoms with van der Waals surface area (Å²) >= 11 is 0. The van der Waals surface area contributed by atoms with Gasteiger partial charge in [-0.15, -0.1) is 0 Å². The van der Waals surface area contributed by atoms with Crippen LogP contribution in [0.4, 0.5) is 0 Å². The summed E-state index contributed by atoms with van der Waals surface area (Å²) in [5.74, 6) is 0.798. The molecule has 0 aliphatic carbocycles. The number of carbonyl (C=O) groups excluding carboxylic acids is 2. The molecule has 2 aromatic rings. The van der Waals surface area contributed by atoms with Crippen LogP contribution in [-0.2, 0) is 4.79 Å². The minimum atomic E-state index is -0.0559. The highest BCUT2D eigenvalue weighted by atomic mass is 16.3. The van der Waals surface area contributed by atoms with Crippen molar-refractivity contribution in [3.63, 3.8) is 0 Å². The zero-order chi connectivity index (χ0) is 21.0. The van der Waals surface area contributed by atoms with Gasteiger partial charge in [0.15, 0.2) is 0 Å². The molecule has 1 aromatic heterocycles. The van der Waals surface area contributed by atoms with Crippen molar-refractivity contribution in [3.05, 3.63) is 59.5 Å². The first-order chi connectivity index (χ1) is 13.9. The summed E-state index contributed by atoms with van der Waals surface area (Å²) in [5.41, 5.74) is 3.01. The van der Waals surface area contributed by atoms with Crippen LogP contribution in [0.5, 0.6) is 0 Å². The molecule has 29 heavy (non-hydrogen) atoms. The van der Waals surface area contributed by atoms with E-state index in [-0.39, 0.29) is 23.8 Å². The van der Waals surface area contributed by atoms with E-state index in [0.29, 0.717) is 43.3 Å². The summed E-state index contributed by atoms with van der Waals surface area (Å²) in [6, 6.07) is 10.2. The third-order valence-electron chi connectivity index (χ3n) is 5.85. The van der Waals surface area contributed by atoms with Crippen LogP contribution >= 0.6 is 0 Å². The first-order valence-corrected chi connectivity index (χ1v) is 10.6. The Morgan fingerprint density at radius 3 is 2.14 bits per heavy atom. The van der Waals surface area contributed by atoms with Crippen molar-refractivity contribution in [2.45, 2.75) is 52.5 Å². The zero-order valence-corrected chi connectivity index (χ0v) is 17.9. The number of likely N-dealkylation sites (tertiary alicyclic amines) is 1. The Kier molecular flexibility index (Phi) is 6.78. The lowest BCUT2D eigenvalue weighted by atomic mass is 9.91. The van der Waals surface area contributed by atoms with Gasteiger partial charge in [0, 0.05) is 19.0 Å². The summed E-state index contributed by atoms with van der Waals surface area (Å²) in [5, 5.41) is 3.27. The highest BCUT2D eigenvalue weighted by molar-refractivity contribution is 5.94. The molecule has 0 bridgehead atoms. The van der Waals surface area contributed by atoms with Crippen molar-refractivity contribution >= 4 is 11.8 Å². The third kappa shape index (κ3) is 5.08. The van der Waals surface area contributed by atoms with Gasteiger partial charge in [0.25, 0.3) is 5.91 Å². The van der Waals surface area contributed by atoms with E-state index in [1.807, 2.05) is 0 Å². The number of amides is 2. The fourth-order valence-corrected chi connectivity index (χ4v) is 3.91. The second-order valence-corrected chi connectivity index (χ2v) is 8.63. The molecule has 1 unspecified atom stereocenters. The van der Waals surface area contributed by atoms with Gasteiger partial charge in [-0.05, 0) is 41.9 Å². The number of hydrogen-bond acceptors (Lipinski definition) is 3. The fourth-order valence-electron chi connectivity index (χ4n) is 3.91. The summed E-state index contributed by atoms with van der Waals surface area (Å²) in [7, 11) is 0. The monoisotopic (exact) mass is 396 g/mol. The number of piperidine rings is 1. The van der Waals surface area contributed by atoms with E-state index in [0.717, 1.165) is 5.56 Å². The molecule has 1 saturated heterocycles. The highest BCUT2D eigenvalue weighted by Crippen LogP contribution is 2.26. The largest absolute Gasteiger partial charge is 0.472 e. The number of nitrogens with one attached hydrogen (secondary N) is 1. The normalized spacial score (nSPS) is 16.3. The maximum atomic E-state index is 12.9. The minimum absolute atomic E-state index is 0.00527. The Balaban J connectivity index is 1.59. The second-order valence-electron chi connectivity index (χ2n) is 8.63. The number of rotatable bonds is 6. The molecule has 3 rings (SSSR count). The van der Waals surface area contributed by atoms with E-state index in [1.165, 1.54) is 18.1 Å². The predicted molar refractivity (Wildman–Crippen MR) is 114 cm³/mol. The lowest BCUT2D eigenvalue weighted by Crippen LogP contribution is -2.44. The molecule has 2 amide bonds. The predicted octanol–water partition coefficient (Wildman–Crippen LogP) is 4.77. The van der Waals surface area contributed by atoms with Crippen LogP contribution in [0.15, 0.2) is 47.3 Å². The van der Waals surface area contributed by atoms with Crippen molar-refractivity contribution in [1.29, 1.82) is 0 Å². The van der Waals surface area contributed by atoms with Gasteiger partial charge in [-0.25, -0.2) is 0 Å². The molecule has 156 valence electrons. The molecule has 0 saturated carbocycles. The van der Waals surface area contributed by atoms with Crippen LogP contribution in [0.1, 0.15) is 74.0 Å². The molecule has 1 aliphatic heterocycles. The van der Waals surface area contributed by atoms with Crippen LogP contribution in [0.2, 0.25) is 0 Å². The minimum Gasteiger partial charge on any atom is -0.472 e. The van der Waals surface area contributed by atoms with Crippen LogP contribution in [0, 0.1) is 11.8 Å². The average Bonchev–Trinajstić information content (AvgIpc) is 3.26. The highest BCUT2D eigenvalue weighted by Gasteiger charge is 2.30. The molecule has 1 fully saturated rings. The molecular formula is C24H32N2O3. The van der Waals surface area contributed by atoms with E-state index in [1.54, 1.807) is 11.0 Å². The quantitative estimate of drug-likeness (QED) is 0.765. The summed E-state index contributed by atoms with van der Waals surface area (Å²) in [4.78, 5) is 27.2. The van der Waals surface area contributed by atoms with E-state index in [9.17, 15) is 9.59 Å². The smallest absolute Gasteiger partial charge is 0.257 e. The summed E-state index contributed by atoms with van der Waals surface area (Å²) in [6.07, 6.45) is 4.35. The Morgan fingerprint density at radius 1 is 1.00 bits per heavy atom. The molecule has 1 atom stereocenters. The molecule has 1 aromatic carbocycles. The zero-order valence-electron chi connectivity index (χ0n) is 17.9. The van der Waals surface area contributed by atoms with Crippen LogP contribution in [0.25, 0.3) is 0 Å². The molecule has 1 aliphatic rings. The lowest BCUT2D eigenvalue weighted by molar-refractivity contribution is -0.127. The first-order valence-electron chi connectivity index (χ1n) is 10.6. The average molecular weight is 397 g/mol. The van der Waals surface area contributed by atoms with Crippen LogP contribution in [0.3, 0.4) is 0 Å². The maximum absolute atomic E-state index is 12.9. The molecular weight excluding hydrogens is 364 g/mol.